The van der Waals surface area contributed by atoms with Crippen LogP contribution in [-0.4, -0.2) is 93.5 Å². The standard InChI is InChI=1S/C20H41N5O3/c1-7-21-18(22-11-14-24(5)13-8-16-27-6)23-12-15-25(17-9-10-17)19(26)28-20(2,3)4/h17H,7-16H2,1-6H3,(H2,21,22,23). The molecule has 2 N–H and O–H groups in total. The van der Waals surface area contributed by atoms with Gasteiger partial charge in [-0.05, 0) is 54.0 Å². The Morgan fingerprint density at radius 3 is 2.46 bits per heavy atom. The molecule has 0 aliphatic heterocycles. The normalized spacial score (nSPS) is 14.9. The summed E-state index contributed by atoms with van der Waals surface area (Å²) in [6, 6.07) is 0.317. The van der Waals surface area contributed by atoms with Crippen LogP contribution in [0, 0.1) is 0 Å². The van der Waals surface area contributed by atoms with Crippen molar-refractivity contribution in [2.75, 3.05) is 60.0 Å². The molecule has 0 aromatic carbocycles. The molecule has 0 atom stereocenters. The average molecular weight is 400 g/mol. The monoisotopic (exact) mass is 399 g/mol. The number of hydrogen-bond acceptors (Lipinski definition) is 5. The number of rotatable bonds is 12. The molecule has 1 aliphatic rings. The van der Waals surface area contributed by atoms with Gasteiger partial charge in [0.1, 0.15) is 5.60 Å². The summed E-state index contributed by atoms with van der Waals surface area (Å²) in [5.74, 6) is 0.785. The number of aliphatic imine (C=N–C) groups is 1. The summed E-state index contributed by atoms with van der Waals surface area (Å²) < 4.78 is 10.6. The molecule has 0 aromatic rings. The predicted octanol–water partition coefficient (Wildman–Crippen LogP) is 1.91. The lowest BCUT2D eigenvalue weighted by Crippen LogP contribution is -2.45. The van der Waals surface area contributed by atoms with Gasteiger partial charge >= 0.3 is 6.09 Å². The summed E-state index contributed by atoms with van der Waals surface area (Å²) >= 11 is 0. The molecule has 0 aromatic heterocycles. The van der Waals surface area contributed by atoms with Gasteiger partial charge in [0, 0.05) is 52.5 Å². The first-order valence-electron chi connectivity index (χ1n) is 10.5. The first kappa shape index (κ1) is 24.5. The summed E-state index contributed by atoms with van der Waals surface area (Å²) in [5.41, 5.74) is -0.469. The van der Waals surface area contributed by atoms with Crippen LogP contribution in [0.5, 0.6) is 0 Å². The second-order valence-corrected chi connectivity index (χ2v) is 8.24. The van der Waals surface area contributed by atoms with E-state index in [0.717, 1.165) is 58.0 Å². The van der Waals surface area contributed by atoms with Gasteiger partial charge in [-0.25, -0.2) is 4.79 Å². The average Bonchev–Trinajstić information content (AvgIpc) is 3.42. The van der Waals surface area contributed by atoms with Gasteiger partial charge < -0.3 is 29.9 Å². The molecule has 164 valence electrons. The van der Waals surface area contributed by atoms with Crippen LogP contribution >= 0.6 is 0 Å². The molecule has 1 fully saturated rings. The molecular formula is C20H41N5O3. The van der Waals surface area contributed by atoms with Gasteiger partial charge in [0.15, 0.2) is 5.96 Å². The van der Waals surface area contributed by atoms with E-state index < -0.39 is 5.60 Å². The largest absolute Gasteiger partial charge is 0.444 e. The Bertz CT molecular complexity index is 475. The van der Waals surface area contributed by atoms with Crippen molar-refractivity contribution in [3.63, 3.8) is 0 Å². The van der Waals surface area contributed by atoms with Gasteiger partial charge in [0.05, 0.1) is 6.54 Å². The molecule has 1 amide bonds. The maximum atomic E-state index is 12.4. The van der Waals surface area contributed by atoms with Crippen LogP contribution < -0.4 is 10.6 Å². The fourth-order valence-electron chi connectivity index (χ4n) is 2.69. The van der Waals surface area contributed by atoms with Crippen LogP contribution in [0.4, 0.5) is 4.79 Å². The van der Waals surface area contributed by atoms with Gasteiger partial charge in [0.2, 0.25) is 0 Å². The number of nitrogens with one attached hydrogen (secondary N) is 2. The molecule has 8 heteroatoms. The molecular weight excluding hydrogens is 358 g/mol. The van der Waals surface area contributed by atoms with Crippen molar-refractivity contribution >= 4 is 12.1 Å². The topological polar surface area (TPSA) is 78.4 Å². The number of amides is 1. The van der Waals surface area contributed by atoms with Crippen molar-refractivity contribution in [1.82, 2.24) is 20.4 Å². The Labute approximate surface area is 171 Å². The van der Waals surface area contributed by atoms with E-state index in [-0.39, 0.29) is 6.09 Å². The Morgan fingerprint density at radius 2 is 1.89 bits per heavy atom. The summed E-state index contributed by atoms with van der Waals surface area (Å²) in [4.78, 5) is 21.1. The summed E-state index contributed by atoms with van der Waals surface area (Å²) in [6.45, 7) is 13.2. The highest BCUT2D eigenvalue weighted by molar-refractivity contribution is 5.79. The predicted molar refractivity (Wildman–Crippen MR) is 114 cm³/mol. The smallest absolute Gasteiger partial charge is 0.410 e. The van der Waals surface area contributed by atoms with E-state index in [9.17, 15) is 4.79 Å². The minimum Gasteiger partial charge on any atom is -0.444 e. The van der Waals surface area contributed by atoms with Gasteiger partial charge in [-0.1, -0.05) is 0 Å². The van der Waals surface area contributed by atoms with Crippen LogP contribution in [0.3, 0.4) is 0 Å². The minimum atomic E-state index is -0.469. The third-order valence-electron chi connectivity index (χ3n) is 4.24. The molecule has 8 nitrogen and oxygen atoms in total. The molecule has 28 heavy (non-hydrogen) atoms. The second-order valence-electron chi connectivity index (χ2n) is 8.24. The van der Waals surface area contributed by atoms with Crippen LogP contribution in [0.25, 0.3) is 0 Å². The van der Waals surface area contributed by atoms with Crippen LogP contribution in [-0.2, 0) is 9.47 Å². The number of methoxy groups -OCH3 is 1. The first-order valence-corrected chi connectivity index (χ1v) is 10.5. The SMILES string of the molecule is CCNC(=NCCN(C)CCCOC)NCCN(C(=O)OC(C)(C)C)C1CC1. The van der Waals surface area contributed by atoms with Gasteiger partial charge in [-0.3, -0.25) is 4.99 Å². The Balaban J connectivity index is 2.40. The molecule has 1 saturated carbocycles. The molecule has 0 saturated heterocycles. The highest BCUT2D eigenvalue weighted by Gasteiger charge is 2.34. The van der Waals surface area contributed by atoms with Crippen molar-refractivity contribution in [3.05, 3.63) is 0 Å². The number of carbonyl (C=O) groups excluding carboxylic acids is 1. The number of hydrogen-bond donors (Lipinski definition) is 2. The lowest BCUT2D eigenvalue weighted by Gasteiger charge is -2.27. The van der Waals surface area contributed by atoms with Crippen LogP contribution in [0.15, 0.2) is 4.99 Å². The van der Waals surface area contributed by atoms with E-state index in [0.29, 0.717) is 19.1 Å². The molecule has 0 bridgehead atoms. The van der Waals surface area contributed by atoms with Crippen molar-refractivity contribution in [3.8, 4) is 0 Å². The van der Waals surface area contributed by atoms with E-state index in [1.807, 2.05) is 32.6 Å². The maximum Gasteiger partial charge on any atom is 0.410 e. The summed E-state index contributed by atoms with van der Waals surface area (Å²) in [6.07, 6.45) is 2.92. The number of carbonyl (C=O) groups is 1. The van der Waals surface area contributed by atoms with Crippen molar-refractivity contribution in [1.29, 1.82) is 0 Å². The van der Waals surface area contributed by atoms with E-state index >= 15 is 0 Å². The Morgan fingerprint density at radius 1 is 1.18 bits per heavy atom. The van der Waals surface area contributed by atoms with E-state index in [2.05, 4.69) is 27.6 Å². The zero-order valence-electron chi connectivity index (χ0n) is 18.7. The molecule has 1 rings (SSSR count). The third-order valence-corrected chi connectivity index (χ3v) is 4.24. The molecule has 0 radical (unpaired) electrons. The van der Waals surface area contributed by atoms with Crippen LogP contribution in [0.1, 0.15) is 47.0 Å². The number of ether oxygens (including phenoxy) is 2. The highest BCUT2D eigenvalue weighted by Crippen LogP contribution is 2.27. The van der Waals surface area contributed by atoms with Crippen LogP contribution in [0.2, 0.25) is 0 Å². The Kier molecular flexibility index (Phi) is 11.2. The summed E-state index contributed by atoms with van der Waals surface area (Å²) in [7, 11) is 3.83. The number of likely N-dealkylation sites (N-methyl/N-ethyl adjacent to an activating group) is 1. The molecule has 0 unspecified atom stereocenters. The summed E-state index contributed by atoms with van der Waals surface area (Å²) in [5, 5.41) is 6.59. The van der Waals surface area contributed by atoms with E-state index in [4.69, 9.17) is 9.47 Å². The second kappa shape index (κ2) is 12.8. The molecule has 0 heterocycles. The van der Waals surface area contributed by atoms with Gasteiger partial charge in [-0.15, -0.1) is 0 Å². The van der Waals surface area contributed by atoms with Gasteiger partial charge in [0.25, 0.3) is 0 Å². The fraction of sp³-hybridized carbons (Fsp3) is 0.900. The Hall–Kier alpha value is -1.54. The number of guanidine groups is 1. The van der Waals surface area contributed by atoms with Crippen molar-refractivity contribution in [2.24, 2.45) is 4.99 Å². The molecule has 0 spiro atoms. The zero-order valence-corrected chi connectivity index (χ0v) is 18.7. The maximum absolute atomic E-state index is 12.4. The highest BCUT2D eigenvalue weighted by atomic mass is 16.6. The van der Waals surface area contributed by atoms with Crippen molar-refractivity contribution < 1.29 is 14.3 Å². The van der Waals surface area contributed by atoms with Gasteiger partial charge in [-0.2, -0.15) is 0 Å². The van der Waals surface area contributed by atoms with E-state index in [1.54, 1.807) is 7.11 Å². The number of nitrogens with zero attached hydrogens (tertiary/aromatic N) is 3. The lowest BCUT2D eigenvalue weighted by molar-refractivity contribution is 0.0238. The fourth-order valence-corrected chi connectivity index (χ4v) is 2.69. The zero-order chi connectivity index (χ0) is 21.0. The molecule has 1 aliphatic carbocycles. The van der Waals surface area contributed by atoms with E-state index in [1.165, 1.54) is 0 Å². The lowest BCUT2D eigenvalue weighted by atomic mass is 10.2. The first-order chi connectivity index (χ1) is 13.3. The minimum absolute atomic E-state index is 0.226. The quantitative estimate of drug-likeness (QED) is 0.297. The van der Waals surface area contributed by atoms with Crippen molar-refractivity contribution in [2.45, 2.75) is 58.6 Å². The third kappa shape index (κ3) is 11.3.